The smallest absolute Gasteiger partial charge is 0.202 e. The molecule has 0 amide bonds. The van der Waals surface area contributed by atoms with Gasteiger partial charge in [-0.05, 0) is 43.4 Å². The minimum Gasteiger partial charge on any atom is -0.202 e. The largest absolute Gasteiger partial charge is 0.279 e. The number of nitrogens with one attached hydrogen (secondary N) is 1. The van der Waals surface area contributed by atoms with Gasteiger partial charge in [-0.15, -0.1) is 11.6 Å². The lowest BCUT2D eigenvalue weighted by molar-refractivity contribution is 0.283. The van der Waals surface area contributed by atoms with Gasteiger partial charge in [-0.3, -0.25) is 0 Å². The Morgan fingerprint density at radius 2 is 1.94 bits per heavy atom. The number of hydrogen-bond donors (Lipinski definition) is 1. The van der Waals surface area contributed by atoms with Gasteiger partial charge in [0, 0.05) is 25.5 Å². The third kappa shape index (κ3) is 3.59. The Balaban J connectivity index is 1.84. The minimum atomic E-state index is -3.28. The molecule has 1 aliphatic carbocycles. The van der Waals surface area contributed by atoms with Crippen molar-refractivity contribution in [3.8, 4) is 0 Å². The van der Waals surface area contributed by atoms with Crippen LogP contribution in [0, 0.1) is 11.3 Å². The standard InChI is InChI=1S/C12H23ClN2O2S/c1-11-2-8-15(9-3-11)18(16,17)14-10-12(4-5-12)6-7-13/h11,14H,2-10H2,1H3. The van der Waals surface area contributed by atoms with E-state index in [2.05, 4.69) is 11.6 Å². The average Bonchev–Trinajstić information content (AvgIpc) is 3.08. The Morgan fingerprint density at radius 3 is 2.44 bits per heavy atom. The molecule has 2 aliphatic rings. The molecule has 1 N–H and O–H groups in total. The van der Waals surface area contributed by atoms with E-state index in [1.165, 1.54) is 0 Å². The highest BCUT2D eigenvalue weighted by Gasteiger charge is 2.42. The van der Waals surface area contributed by atoms with Crippen LogP contribution in [-0.4, -0.2) is 38.2 Å². The van der Waals surface area contributed by atoms with Crippen molar-refractivity contribution in [2.45, 2.75) is 39.0 Å². The van der Waals surface area contributed by atoms with Crippen LogP contribution < -0.4 is 4.72 Å². The molecule has 0 unspecified atom stereocenters. The van der Waals surface area contributed by atoms with Gasteiger partial charge >= 0.3 is 0 Å². The zero-order chi connectivity index (χ0) is 13.2. The van der Waals surface area contributed by atoms with Crippen molar-refractivity contribution in [2.24, 2.45) is 11.3 Å². The summed E-state index contributed by atoms with van der Waals surface area (Å²) in [7, 11) is -3.28. The molecule has 0 atom stereocenters. The molecule has 0 bridgehead atoms. The van der Waals surface area contributed by atoms with E-state index >= 15 is 0 Å². The highest BCUT2D eigenvalue weighted by Crippen LogP contribution is 2.48. The van der Waals surface area contributed by atoms with Crippen molar-refractivity contribution in [1.29, 1.82) is 0 Å². The van der Waals surface area contributed by atoms with E-state index in [1.54, 1.807) is 4.31 Å². The van der Waals surface area contributed by atoms with Gasteiger partial charge in [-0.25, -0.2) is 4.72 Å². The van der Waals surface area contributed by atoms with Crippen molar-refractivity contribution < 1.29 is 8.42 Å². The van der Waals surface area contributed by atoms with Crippen LogP contribution in [0.15, 0.2) is 0 Å². The maximum Gasteiger partial charge on any atom is 0.279 e. The molecule has 0 aromatic rings. The topological polar surface area (TPSA) is 49.4 Å². The Labute approximate surface area is 115 Å². The Morgan fingerprint density at radius 1 is 1.33 bits per heavy atom. The fourth-order valence-corrected chi connectivity index (χ4v) is 4.22. The summed E-state index contributed by atoms with van der Waals surface area (Å²) in [5.74, 6) is 1.26. The number of halogens is 1. The quantitative estimate of drug-likeness (QED) is 0.761. The van der Waals surface area contributed by atoms with Gasteiger partial charge in [0.1, 0.15) is 0 Å². The molecule has 0 radical (unpaired) electrons. The number of rotatable bonds is 6. The van der Waals surface area contributed by atoms with Crippen molar-refractivity contribution in [3.63, 3.8) is 0 Å². The fourth-order valence-electron chi connectivity index (χ4n) is 2.45. The molecule has 2 fully saturated rings. The second kappa shape index (κ2) is 5.65. The third-order valence-corrected chi connectivity index (χ3v) is 6.04. The number of piperidine rings is 1. The van der Waals surface area contributed by atoms with Crippen LogP contribution in [0.4, 0.5) is 0 Å². The van der Waals surface area contributed by atoms with E-state index in [0.29, 0.717) is 31.4 Å². The number of hydrogen-bond acceptors (Lipinski definition) is 2. The Hall–Kier alpha value is 0.160. The van der Waals surface area contributed by atoms with Crippen LogP contribution in [0.25, 0.3) is 0 Å². The molecule has 2 rings (SSSR count). The van der Waals surface area contributed by atoms with E-state index in [-0.39, 0.29) is 5.41 Å². The Kier molecular flexibility index (Phi) is 4.57. The van der Waals surface area contributed by atoms with Crippen LogP contribution in [0.3, 0.4) is 0 Å². The minimum absolute atomic E-state index is 0.151. The van der Waals surface area contributed by atoms with Gasteiger partial charge in [0.25, 0.3) is 10.2 Å². The maximum atomic E-state index is 12.2. The molecule has 4 nitrogen and oxygen atoms in total. The van der Waals surface area contributed by atoms with Crippen LogP contribution in [-0.2, 0) is 10.2 Å². The summed E-state index contributed by atoms with van der Waals surface area (Å²) in [6.07, 6.45) is 5.04. The molecule has 0 aromatic carbocycles. The lowest BCUT2D eigenvalue weighted by Gasteiger charge is -2.30. The molecule has 18 heavy (non-hydrogen) atoms. The number of alkyl halides is 1. The van der Waals surface area contributed by atoms with Crippen molar-refractivity contribution >= 4 is 21.8 Å². The molecule has 1 saturated carbocycles. The summed E-state index contributed by atoms with van der Waals surface area (Å²) in [6.45, 7) is 4.03. The zero-order valence-electron chi connectivity index (χ0n) is 11.0. The summed E-state index contributed by atoms with van der Waals surface area (Å²) in [6, 6.07) is 0. The summed E-state index contributed by atoms with van der Waals surface area (Å²) in [4.78, 5) is 0. The van der Waals surface area contributed by atoms with Crippen molar-refractivity contribution in [2.75, 3.05) is 25.5 Å². The first-order valence-electron chi connectivity index (χ1n) is 6.78. The first kappa shape index (κ1) is 14.6. The molecule has 6 heteroatoms. The number of nitrogens with zero attached hydrogens (tertiary/aromatic N) is 1. The van der Waals surface area contributed by atoms with Crippen LogP contribution >= 0.6 is 11.6 Å². The summed E-state index contributed by atoms with van der Waals surface area (Å²) < 4.78 is 28.7. The summed E-state index contributed by atoms with van der Waals surface area (Å²) in [5.41, 5.74) is 0.151. The first-order chi connectivity index (χ1) is 8.47. The molecule has 0 aromatic heterocycles. The van der Waals surface area contributed by atoms with Gasteiger partial charge in [-0.1, -0.05) is 6.92 Å². The second-order valence-corrected chi connectivity index (χ2v) is 7.98. The predicted octanol–water partition coefficient (Wildman–Crippen LogP) is 1.96. The maximum absolute atomic E-state index is 12.2. The summed E-state index contributed by atoms with van der Waals surface area (Å²) >= 11 is 5.75. The van der Waals surface area contributed by atoms with Crippen LogP contribution in [0.5, 0.6) is 0 Å². The molecule has 1 heterocycles. The molecule has 0 spiro atoms. The highest BCUT2D eigenvalue weighted by atomic mass is 35.5. The molecule has 1 saturated heterocycles. The van der Waals surface area contributed by atoms with Crippen LogP contribution in [0.2, 0.25) is 0 Å². The summed E-state index contributed by atoms with van der Waals surface area (Å²) in [5, 5.41) is 0. The van der Waals surface area contributed by atoms with Gasteiger partial charge in [0.15, 0.2) is 0 Å². The molecule has 1 aliphatic heterocycles. The molecular formula is C12H23ClN2O2S. The van der Waals surface area contributed by atoms with Crippen molar-refractivity contribution in [3.05, 3.63) is 0 Å². The zero-order valence-corrected chi connectivity index (χ0v) is 12.6. The highest BCUT2D eigenvalue weighted by molar-refractivity contribution is 7.87. The van der Waals surface area contributed by atoms with Crippen LogP contribution in [0.1, 0.15) is 39.0 Å². The van der Waals surface area contributed by atoms with Gasteiger partial charge in [-0.2, -0.15) is 12.7 Å². The van der Waals surface area contributed by atoms with E-state index in [4.69, 9.17) is 11.6 Å². The third-order valence-electron chi connectivity index (χ3n) is 4.29. The predicted molar refractivity (Wildman–Crippen MR) is 73.9 cm³/mol. The monoisotopic (exact) mass is 294 g/mol. The lowest BCUT2D eigenvalue weighted by Crippen LogP contribution is -2.46. The molecular weight excluding hydrogens is 272 g/mol. The fraction of sp³-hybridized carbons (Fsp3) is 1.00. The SMILES string of the molecule is CC1CCN(S(=O)(=O)NCC2(CCCl)CC2)CC1. The normalized spacial score (nSPS) is 25.2. The molecule has 106 valence electrons. The van der Waals surface area contributed by atoms with Crippen molar-refractivity contribution in [1.82, 2.24) is 9.03 Å². The lowest BCUT2D eigenvalue weighted by atomic mass is 10.0. The van der Waals surface area contributed by atoms with Gasteiger partial charge < -0.3 is 0 Å². The van der Waals surface area contributed by atoms with Gasteiger partial charge in [0.05, 0.1) is 0 Å². The van der Waals surface area contributed by atoms with E-state index in [9.17, 15) is 8.42 Å². The van der Waals surface area contributed by atoms with E-state index in [0.717, 1.165) is 32.1 Å². The van der Waals surface area contributed by atoms with E-state index < -0.39 is 10.2 Å². The van der Waals surface area contributed by atoms with Gasteiger partial charge in [0.2, 0.25) is 0 Å². The first-order valence-corrected chi connectivity index (χ1v) is 8.76. The Bertz CT molecular complexity index is 374. The van der Waals surface area contributed by atoms with E-state index in [1.807, 2.05) is 0 Å². The average molecular weight is 295 g/mol. The second-order valence-electron chi connectivity index (χ2n) is 5.85.